The van der Waals surface area contributed by atoms with Crippen molar-refractivity contribution in [2.75, 3.05) is 13.2 Å². The average molecular weight is 417 g/mol. The Balaban J connectivity index is 0.00000242. The maximum Gasteiger partial charge on any atom is 0.191 e. The number of nitrogens with one attached hydrogen (secondary N) is 2. The van der Waals surface area contributed by atoms with Crippen molar-refractivity contribution in [1.82, 2.24) is 10.6 Å². The van der Waals surface area contributed by atoms with Crippen molar-refractivity contribution in [2.45, 2.75) is 52.1 Å². The molecule has 0 bridgehead atoms. The molecular formula is C17H28IN3O. The molecule has 1 saturated carbocycles. The second-order valence-corrected chi connectivity index (χ2v) is 5.46. The third-order valence-corrected chi connectivity index (χ3v) is 3.35. The lowest BCUT2D eigenvalue weighted by Crippen LogP contribution is -2.38. The average Bonchev–Trinajstić information content (AvgIpc) is 3.30. The molecule has 1 fully saturated rings. The molecule has 0 aliphatic heterocycles. The van der Waals surface area contributed by atoms with E-state index in [9.17, 15) is 0 Å². The number of guanidine groups is 1. The summed E-state index contributed by atoms with van der Waals surface area (Å²) in [6, 6.07) is 8.84. The van der Waals surface area contributed by atoms with Gasteiger partial charge in [-0.05, 0) is 43.9 Å². The molecule has 0 saturated heterocycles. The summed E-state index contributed by atoms with van der Waals surface area (Å²) >= 11 is 0. The molecule has 1 aliphatic rings. The number of rotatable bonds is 8. The SMILES string of the molecule is CCCCOc1cccc(CN=C(NCC)NC2CC2)c1.I. The number of halogens is 1. The lowest BCUT2D eigenvalue weighted by Gasteiger charge is -2.10. The number of nitrogens with zero attached hydrogens (tertiary/aromatic N) is 1. The second-order valence-electron chi connectivity index (χ2n) is 5.46. The number of benzene rings is 1. The minimum atomic E-state index is 0. The molecule has 0 radical (unpaired) electrons. The number of unbranched alkanes of at least 4 members (excludes halogenated alkanes) is 1. The van der Waals surface area contributed by atoms with Crippen molar-refractivity contribution in [3.8, 4) is 5.75 Å². The van der Waals surface area contributed by atoms with E-state index in [1.165, 1.54) is 18.4 Å². The van der Waals surface area contributed by atoms with Gasteiger partial charge in [0, 0.05) is 12.6 Å². The summed E-state index contributed by atoms with van der Waals surface area (Å²) in [6.45, 7) is 6.61. The highest BCUT2D eigenvalue weighted by molar-refractivity contribution is 14.0. The van der Waals surface area contributed by atoms with Crippen molar-refractivity contribution in [3.63, 3.8) is 0 Å². The van der Waals surface area contributed by atoms with Crippen LogP contribution in [0.5, 0.6) is 5.75 Å². The van der Waals surface area contributed by atoms with E-state index >= 15 is 0 Å². The maximum atomic E-state index is 5.74. The van der Waals surface area contributed by atoms with Crippen molar-refractivity contribution in [1.29, 1.82) is 0 Å². The number of aliphatic imine (C=N–C) groups is 1. The molecule has 0 heterocycles. The van der Waals surface area contributed by atoms with E-state index in [0.717, 1.165) is 37.7 Å². The van der Waals surface area contributed by atoms with E-state index in [4.69, 9.17) is 4.74 Å². The molecule has 0 amide bonds. The quantitative estimate of drug-likeness (QED) is 0.294. The van der Waals surface area contributed by atoms with Gasteiger partial charge in [0.1, 0.15) is 5.75 Å². The van der Waals surface area contributed by atoms with Crippen molar-refractivity contribution in [2.24, 2.45) is 4.99 Å². The van der Waals surface area contributed by atoms with E-state index in [1.807, 2.05) is 12.1 Å². The fraction of sp³-hybridized carbons (Fsp3) is 0.588. The molecule has 0 atom stereocenters. The van der Waals surface area contributed by atoms with Gasteiger partial charge >= 0.3 is 0 Å². The molecular weight excluding hydrogens is 389 g/mol. The van der Waals surface area contributed by atoms with Crippen LogP contribution < -0.4 is 15.4 Å². The highest BCUT2D eigenvalue weighted by atomic mass is 127. The highest BCUT2D eigenvalue weighted by Crippen LogP contribution is 2.18. The molecule has 1 aromatic rings. The first-order valence-corrected chi connectivity index (χ1v) is 8.08. The Bertz CT molecular complexity index is 461. The maximum absolute atomic E-state index is 5.74. The molecule has 5 heteroatoms. The molecule has 0 aromatic heterocycles. The van der Waals surface area contributed by atoms with Gasteiger partial charge in [-0.2, -0.15) is 0 Å². The summed E-state index contributed by atoms with van der Waals surface area (Å²) in [5.74, 6) is 1.86. The van der Waals surface area contributed by atoms with Crippen molar-refractivity contribution >= 4 is 29.9 Å². The molecule has 2 rings (SSSR count). The Kier molecular flexibility index (Phi) is 9.27. The van der Waals surface area contributed by atoms with Crippen molar-refractivity contribution in [3.05, 3.63) is 29.8 Å². The van der Waals surface area contributed by atoms with Gasteiger partial charge in [0.15, 0.2) is 5.96 Å². The van der Waals surface area contributed by atoms with Gasteiger partial charge < -0.3 is 15.4 Å². The summed E-state index contributed by atoms with van der Waals surface area (Å²) in [5, 5.41) is 6.71. The van der Waals surface area contributed by atoms with Gasteiger partial charge in [0.2, 0.25) is 0 Å². The zero-order valence-corrected chi connectivity index (χ0v) is 15.9. The topological polar surface area (TPSA) is 45.6 Å². The smallest absolute Gasteiger partial charge is 0.191 e. The van der Waals surface area contributed by atoms with Crippen molar-refractivity contribution < 1.29 is 4.74 Å². The molecule has 1 aliphatic carbocycles. The van der Waals surface area contributed by atoms with Gasteiger partial charge in [-0.1, -0.05) is 25.5 Å². The summed E-state index contributed by atoms with van der Waals surface area (Å²) in [6.07, 6.45) is 4.76. The van der Waals surface area contributed by atoms with Gasteiger partial charge in [0.25, 0.3) is 0 Å². The highest BCUT2D eigenvalue weighted by Gasteiger charge is 2.21. The largest absolute Gasteiger partial charge is 0.494 e. The van der Waals surface area contributed by atoms with Gasteiger partial charge in [-0.15, -0.1) is 24.0 Å². The minimum absolute atomic E-state index is 0. The Morgan fingerprint density at radius 1 is 1.32 bits per heavy atom. The summed E-state index contributed by atoms with van der Waals surface area (Å²) in [7, 11) is 0. The molecule has 1 aromatic carbocycles. The number of hydrogen-bond acceptors (Lipinski definition) is 2. The van der Waals surface area contributed by atoms with Crippen LogP contribution in [0.4, 0.5) is 0 Å². The lowest BCUT2D eigenvalue weighted by molar-refractivity contribution is 0.309. The minimum Gasteiger partial charge on any atom is -0.494 e. The number of hydrogen-bond donors (Lipinski definition) is 2. The van der Waals surface area contributed by atoms with Crippen LogP contribution in [0.3, 0.4) is 0 Å². The molecule has 124 valence electrons. The normalized spacial score (nSPS) is 14.2. The fourth-order valence-corrected chi connectivity index (χ4v) is 1.98. The lowest BCUT2D eigenvalue weighted by atomic mass is 10.2. The molecule has 0 unspecified atom stereocenters. The van der Waals surface area contributed by atoms with Crippen LogP contribution in [0.1, 0.15) is 45.1 Å². The van der Waals surface area contributed by atoms with Gasteiger partial charge in [-0.3, -0.25) is 0 Å². The predicted octanol–water partition coefficient (Wildman–Crippen LogP) is 3.70. The van der Waals surface area contributed by atoms with Crippen LogP contribution in [0, 0.1) is 0 Å². The molecule has 2 N–H and O–H groups in total. The summed E-state index contributed by atoms with van der Waals surface area (Å²) in [4.78, 5) is 4.64. The van der Waals surface area contributed by atoms with Crippen LogP contribution in [-0.2, 0) is 6.54 Å². The van der Waals surface area contributed by atoms with Gasteiger partial charge in [-0.25, -0.2) is 4.99 Å². The molecule has 22 heavy (non-hydrogen) atoms. The zero-order chi connectivity index (χ0) is 14.9. The monoisotopic (exact) mass is 417 g/mol. The van der Waals surface area contributed by atoms with Crippen LogP contribution in [0.2, 0.25) is 0 Å². The van der Waals surface area contributed by atoms with Crippen LogP contribution in [0.25, 0.3) is 0 Å². The van der Waals surface area contributed by atoms with E-state index in [1.54, 1.807) is 0 Å². The standard InChI is InChI=1S/C17H27N3O.HI/c1-3-5-11-21-16-8-6-7-14(12-16)13-19-17(18-4-2)20-15-9-10-15;/h6-8,12,15H,3-5,9-11,13H2,1-2H3,(H2,18,19,20);1H. The van der Waals surface area contributed by atoms with Crippen LogP contribution in [-0.4, -0.2) is 25.2 Å². The van der Waals surface area contributed by atoms with Gasteiger partial charge in [0.05, 0.1) is 13.2 Å². The second kappa shape index (κ2) is 10.7. The first-order chi connectivity index (χ1) is 10.3. The Morgan fingerprint density at radius 2 is 2.14 bits per heavy atom. The first kappa shape index (κ1) is 19.1. The third kappa shape index (κ3) is 7.33. The molecule has 0 spiro atoms. The Labute approximate surface area is 151 Å². The molecule has 4 nitrogen and oxygen atoms in total. The fourth-order valence-electron chi connectivity index (χ4n) is 1.98. The summed E-state index contributed by atoms with van der Waals surface area (Å²) in [5.41, 5.74) is 1.18. The zero-order valence-electron chi connectivity index (χ0n) is 13.6. The van der Waals surface area contributed by atoms with Crippen LogP contribution >= 0.6 is 24.0 Å². The first-order valence-electron chi connectivity index (χ1n) is 8.08. The third-order valence-electron chi connectivity index (χ3n) is 3.35. The Morgan fingerprint density at radius 3 is 2.82 bits per heavy atom. The Hall–Kier alpha value is -0.980. The van der Waals surface area contributed by atoms with E-state index in [-0.39, 0.29) is 24.0 Å². The van der Waals surface area contributed by atoms with E-state index in [2.05, 4.69) is 41.6 Å². The predicted molar refractivity (Wildman–Crippen MR) is 103 cm³/mol. The van der Waals surface area contributed by atoms with E-state index in [0.29, 0.717) is 12.6 Å². The number of ether oxygens (including phenoxy) is 1. The van der Waals surface area contributed by atoms with Crippen LogP contribution in [0.15, 0.2) is 29.3 Å². The van der Waals surface area contributed by atoms with E-state index < -0.39 is 0 Å². The summed E-state index contributed by atoms with van der Waals surface area (Å²) < 4.78 is 5.74.